The zero-order valence-electron chi connectivity index (χ0n) is 8.78. The lowest BCUT2D eigenvalue weighted by Gasteiger charge is -2.15. The molecule has 0 saturated heterocycles. The van der Waals surface area contributed by atoms with Crippen LogP contribution in [0.15, 0.2) is 11.9 Å². The maximum absolute atomic E-state index is 10.5. The average molecular weight is 202 g/mol. The molecule has 0 fully saturated rings. The lowest BCUT2D eigenvalue weighted by molar-refractivity contribution is -0.522. The molecule has 0 aromatic rings. The molecule has 0 heterocycles. The van der Waals surface area contributed by atoms with E-state index in [9.17, 15) is 10.1 Å². The van der Waals surface area contributed by atoms with Crippen LogP contribution in [0.4, 0.5) is 0 Å². The van der Waals surface area contributed by atoms with Gasteiger partial charge in [-0.15, -0.1) is 0 Å². The van der Waals surface area contributed by atoms with Crippen LogP contribution in [0.5, 0.6) is 0 Å². The Morgan fingerprint density at radius 3 is 2.57 bits per heavy atom. The van der Waals surface area contributed by atoms with Gasteiger partial charge in [0.2, 0.25) is 6.04 Å². The van der Waals surface area contributed by atoms with E-state index in [1.54, 1.807) is 27.1 Å². The zero-order valence-corrected chi connectivity index (χ0v) is 8.78. The van der Waals surface area contributed by atoms with Crippen LogP contribution in [0, 0.1) is 10.1 Å². The molecule has 0 aliphatic carbocycles. The van der Waals surface area contributed by atoms with Gasteiger partial charge in [0.25, 0.3) is 0 Å². The van der Waals surface area contributed by atoms with Crippen molar-refractivity contribution in [3.05, 3.63) is 22.0 Å². The van der Waals surface area contributed by atoms with Crippen molar-refractivity contribution in [2.24, 2.45) is 5.73 Å². The van der Waals surface area contributed by atoms with E-state index in [4.69, 9.17) is 5.73 Å². The van der Waals surface area contributed by atoms with Crippen molar-refractivity contribution in [2.75, 3.05) is 14.1 Å². The number of nitrogens with one attached hydrogen (secondary N) is 2. The van der Waals surface area contributed by atoms with Gasteiger partial charge in [0.15, 0.2) is 0 Å². The maximum Gasteiger partial charge on any atom is 0.225 e. The van der Waals surface area contributed by atoms with Crippen LogP contribution in [-0.4, -0.2) is 31.1 Å². The molecule has 0 radical (unpaired) electrons. The summed E-state index contributed by atoms with van der Waals surface area (Å²) in [5.41, 5.74) is 5.50. The first-order chi connectivity index (χ1) is 6.52. The van der Waals surface area contributed by atoms with E-state index in [1.807, 2.05) is 0 Å². The molecule has 0 aromatic heterocycles. The number of nitro groups is 1. The van der Waals surface area contributed by atoms with E-state index in [0.29, 0.717) is 12.2 Å². The van der Waals surface area contributed by atoms with Gasteiger partial charge in [0, 0.05) is 18.9 Å². The molecule has 2 atom stereocenters. The number of hydrogen-bond donors (Lipinski definition) is 3. The highest BCUT2D eigenvalue weighted by atomic mass is 16.6. The Morgan fingerprint density at radius 2 is 2.21 bits per heavy atom. The van der Waals surface area contributed by atoms with Crippen molar-refractivity contribution in [1.29, 1.82) is 0 Å². The molecule has 0 amide bonds. The molecule has 4 N–H and O–H groups in total. The minimum Gasteiger partial charge on any atom is -0.386 e. The smallest absolute Gasteiger partial charge is 0.225 e. The molecule has 0 bridgehead atoms. The molecule has 6 heteroatoms. The third kappa shape index (κ3) is 4.08. The summed E-state index contributed by atoms with van der Waals surface area (Å²) in [5.74, 6) is 0.529. The topological polar surface area (TPSA) is 93.2 Å². The maximum atomic E-state index is 10.5. The van der Waals surface area contributed by atoms with E-state index in [1.165, 1.54) is 0 Å². The third-order valence-corrected chi connectivity index (χ3v) is 2.17. The van der Waals surface area contributed by atoms with E-state index < -0.39 is 6.04 Å². The molecule has 0 spiro atoms. The number of hydrogen-bond acceptors (Lipinski definition) is 5. The fourth-order valence-corrected chi connectivity index (χ4v) is 1.06. The Morgan fingerprint density at radius 1 is 1.64 bits per heavy atom. The van der Waals surface area contributed by atoms with Crippen molar-refractivity contribution in [2.45, 2.75) is 25.4 Å². The van der Waals surface area contributed by atoms with Gasteiger partial charge < -0.3 is 16.4 Å². The SMILES string of the molecule is CN/C(N)=C/CC(NC)C(C)[N+](=O)[O-]. The highest BCUT2D eigenvalue weighted by Crippen LogP contribution is 2.03. The van der Waals surface area contributed by atoms with Gasteiger partial charge in [-0.05, 0) is 19.5 Å². The second-order valence-corrected chi connectivity index (χ2v) is 3.07. The number of likely N-dealkylation sites (N-methyl/N-ethyl adjacent to an activating group) is 1. The predicted molar refractivity (Wildman–Crippen MR) is 55.3 cm³/mol. The summed E-state index contributed by atoms with van der Waals surface area (Å²) in [6.07, 6.45) is 2.27. The normalized spacial score (nSPS) is 16.1. The lowest BCUT2D eigenvalue weighted by Crippen LogP contribution is -2.40. The van der Waals surface area contributed by atoms with Gasteiger partial charge in [0.1, 0.15) is 0 Å². The Bertz CT molecular complexity index is 217. The third-order valence-electron chi connectivity index (χ3n) is 2.17. The molecule has 0 aliphatic rings. The summed E-state index contributed by atoms with van der Waals surface area (Å²) >= 11 is 0. The second-order valence-electron chi connectivity index (χ2n) is 3.07. The molecule has 0 saturated carbocycles. The van der Waals surface area contributed by atoms with Crippen molar-refractivity contribution in [1.82, 2.24) is 10.6 Å². The van der Waals surface area contributed by atoms with Gasteiger partial charge in [0.05, 0.1) is 11.9 Å². The molecular formula is C8H18N4O2. The molecule has 0 aromatic carbocycles. The molecule has 6 nitrogen and oxygen atoms in total. The van der Waals surface area contributed by atoms with Crippen molar-refractivity contribution < 1.29 is 4.92 Å². The summed E-state index contributed by atoms with van der Waals surface area (Å²) < 4.78 is 0. The molecule has 0 aliphatic heterocycles. The zero-order chi connectivity index (χ0) is 11.1. The molecule has 82 valence electrons. The van der Waals surface area contributed by atoms with Crippen LogP contribution in [-0.2, 0) is 0 Å². The van der Waals surface area contributed by atoms with Crippen LogP contribution in [0.1, 0.15) is 13.3 Å². The standard InChI is InChI=1S/C8H18N4O2/c1-6(12(13)14)7(10-2)4-5-8(9)11-3/h5-7,10-11H,4,9H2,1-3H3/b8-5+. The predicted octanol–water partition coefficient (Wildman–Crippen LogP) is -0.351. The van der Waals surface area contributed by atoms with E-state index in [2.05, 4.69) is 10.6 Å². The highest BCUT2D eigenvalue weighted by Gasteiger charge is 2.23. The first kappa shape index (κ1) is 12.7. The highest BCUT2D eigenvalue weighted by molar-refractivity contribution is 4.95. The molecule has 14 heavy (non-hydrogen) atoms. The molecule has 0 rings (SSSR count). The van der Waals surface area contributed by atoms with Gasteiger partial charge in [-0.2, -0.15) is 0 Å². The van der Waals surface area contributed by atoms with Crippen LogP contribution >= 0.6 is 0 Å². The Balaban J connectivity index is 4.22. The lowest BCUT2D eigenvalue weighted by atomic mass is 10.1. The minimum absolute atomic E-state index is 0.197. The average Bonchev–Trinajstić information content (AvgIpc) is 2.17. The Labute approximate surface area is 83.7 Å². The van der Waals surface area contributed by atoms with Gasteiger partial charge in [-0.25, -0.2) is 0 Å². The number of rotatable bonds is 6. The second kappa shape index (κ2) is 6.20. The summed E-state index contributed by atoms with van der Waals surface area (Å²) in [4.78, 5) is 10.2. The van der Waals surface area contributed by atoms with Crippen LogP contribution < -0.4 is 16.4 Å². The monoisotopic (exact) mass is 202 g/mol. The van der Waals surface area contributed by atoms with Crippen molar-refractivity contribution in [3.63, 3.8) is 0 Å². The van der Waals surface area contributed by atoms with E-state index in [-0.39, 0.29) is 11.0 Å². The first-order valence-corrected chi connectivity index (χ1v) is 4.47. The fourth-order valence-electron chi connectivity index (χ4n) is 1.06. The summed E-state index contributed by atoms with van der Waals surface area (Å²) in [6, 6.07) is -0.821. The van der Waals surface area contributed by atoms with E-state index in [0.717, 1.165) is 0 Å². The Hall–Kier alpha value is -1.30. The fraction of sp³-hybridized carbons (Fsp3) is 0.750. The summed E-state index contributed by atoms with van der Waals surface area (Å²) in [7, 11) is 3.41. The number of nitrogens with two attached hydrogens (primary N) is 1. The molecular weight excluding hydrogens is 184 g/mol. The summed E-state index contributed by atoms with van der Waals surface area (Å²) in [6.45, 7) is 1.57. The van der Waals surface area contributed by atoms with Crippen molar-refractivity contribution >= 4 is 0 Å². The first-order valence-electron chi connectivity index (χ1n) is 4.47. The number of nitrogens with zero attached hydrogens (tertiary/aromatic N) is 1. The Kier molecular flexibility index (Phi) is 5.62. The van der Waals surface area contributed by atoms with Crippen molar-refractivity contribution in [3.8, 4) is 0 Å². The minimum atomic E-state index is -0.624. The van der Waals surface area contributed by atoms with E-state index >= 15 is 0 Å². The largest absolute Gasteiger partial charge is 0.386 e. The van der Waals surface area contributed by atoms with Crippen LogP contribution in [0.25, 0.3) is 0 Å². The molecule has 2 unspecified atom stereocenters. The van der Waals surface area contributed by atoms with Gasteiger partial charge in [-0.3, -0.25) is 10.1 Å². The van der Waals surface area contributed by atoms with Gasteiger partial charge >= 0.3 is 0 Å². The van der Waals surface area contributed by atoms with Crippen LogP contribution in [0.2, 0.25) is 0 Å². The van der Waals surface area contributed by atoms with Crippen LogP contribution in [0.3, 0.4) is 0 Å². The van der Waals surface area contributed by atoms with Gasteiger partial charge in [-0.1, -0.05) is 0 Å². The quantitative estimate of drug-likeness (QED) is 0.404. The summed E-state index contributed by atoms with van der Waals surface area (Å²) in [5, 5.41) is 16.2.